The van der Waals surface area contributed by atoms with Crippen molar-refractivity contribution in [1.29, 1.82) is 0 Å². The highest BCUT2D eigenvalue weighted by atomic mass is 32.2. The first-order valence-electron chi connectivity index (χ1n) is 11.8. The predicted molar refractivity (Wildman–Crippen MR) is 133 cm³/mol. The minimum Gasteiger partial charge on any atom is -0.358 e. The number of pyridine rings is 1. The molecule has 0 spiro atoms. The molecule has 0 amide bonds. The molecular weight excluding hydrogens is 448 g/mol. The first-order valence-corrected chi connectivity index (χ1v) is 13.3. The number of nitrogens with one attached hydrogen (secondary N) is 1. The first kappa shape index (κ1) is 24.4. The van der Waals surface area contributed by atoms with Gasteiger partial charge in [-0.25, -0.2) is 8.42 Å². The molecule has 0 aliphatic carbocycles. The lowest BCUT2D eigenvalue weighted by Crippen LogP contribution is -2.33. The molecular formula is C26H34N4O3S. The summed E-state index contributed by atoms with van der Waals surface area (Å²) in [6.07, 6.45) is 3.75. The molecule has 182 valence electrons. The maximum atomic E-state index is 13.2. The summed E-state index contributed by atoms with van der Waals surface area (Å²) < 4.78 is 34.4. The Bertz CT molecular complexity index is 1270. The number of rotatable bonds is 6. The van der Waals surface area contributed by atoms with Crippen molar-refractivity contribution in [3.63, 3.8) is 0 Å². The molecule has 8 heteroatoms. The highest BCUT2D eigenvalue weighted by Crippen LogP contribution is 2.32. The van der Waals surface area contributed by atoms with Gasteiger partial charge in [-0.2, -0.15) is 0 Å². The average molecular weight is 483 g/mol. The van der Waals surface area contributed by atoms with E-state index in [1.165, 1.54) is 11.1 Å². The van der Waals surface area contributed by atoms with Gasteiger partial charge in [0.15, 0.2) is 5.82 Å². The van der Waals surface area contributed by atoms with Gasteiger partial charge in [-0.3, -0.25) is 14.6 Å². The summed E-state index contributed by atoms with van der Waals surface area (Å²) in [5.74, 6) is 0.905. The van der Waals surface area contributed by atoms with Crippen molar-refractivity contribution in [2.75, 3.05) is 11.3 Å². The van der Waals surface area contributed by atoms with Crippen LogP contribution >= 0.6 is 0 Å². The van der Waals surface area contributed by atoms with E-state index in [1.54, 1.807) is 12.1 Å². The van der Waals surface area contributed by atoms with Gasteiger partial charge in [-0.05, 0) is 61.6 Å². The van der Waals surface area contributed by atoms with Crippen LogP contribution in [0.3, 0.4) is 0 Å². The van der Waals surface area contributed by atoms with E-state index in [0.717, 1.165) is 30.6 Å². The van der Waals surface area contributed by atoms with Crippen LogP contribution in [-0.4, -0.2) is 30.0 Å². The number of sulfonamides is 1. The number of benzene rings is 1. The lowest BCUT2D eigenvalue weighted by molar-refractivity contribution is 0.191. The maximum Gasteiger partial charge on any atom is 0.263 e. The zero-order valence-electron chi connectivity index (χ0n) is 20.8. The van der Waals surface area contributed by atoms with Crippen LogP contribution in [0.4, 0.5) is 5.82 Å². The Morgan fingerprint density at radius 2 is 1.94 bits per heavy atom. The lowest BCUT2D eigenvalue weighted by Gasteiger charge is -2.34. The van der Waals surface area contributed by atoms with E-state index in [0.29, 0.717) is 17.9 Å². The van der Waals surface area contributed by atoms with E-state index in [4.69, 9.17) is 4.52 Å². The normalized spacial score (nSPS) is 15.7. The van der Waals surface area contributed by atoms with Crippen LogP contribution in [-0.2, 0) is 34.8 Å². The highest BCUT2D eigenvalue weighted by Gasteiger charge is 2.28. The summed E-state index contributed by atoms with van der Waals surface area (Å²) in [4.78, 5) is 7.14. The standard InChI is InChI=1S/C26H34N4O3S/c1-7-22-10-8-20(15-27-22)18(3)30-13-12-19-9-11-23(14-21(19)16-30)34(31,32)29-25-17(2)24(33-28-25)26(4,5)6/h8-11,14-15,18H,7,12-13,16H2,1-6H3,(H,28,29). The van der Waals surface area contributed by atoms with Gasteiger partial charge in [0.05, 0.1) is 4.90 Å². The Labute approximate surface area is 202 Å². The Morgan fingerprint density at radius 1 is 1.18 bits per heavy atom. The van der Waals surface area contributed by atoms with Crippen LogP contribution < -0.4 is 4.72 Å². The van der Waals surface area contributed by atoms with Crippen LogP contribution in [0.2, 0.25) is 0 Å². The summed E-state index contributed by atoms with van der Waals surface area (Å²) in [5, 5.41) is 3.98. The van der Waals surface area contributed by atoms with E-state index in [1.807, 2.05) is 40.0 Å². The zero-order valence-corrected chi connectivity index (χ0v) is 21.7. The third kappa shape index (κ3) is 4.88. The fourth-order valence-electron chi connectivity index (χ4n) is 4.47. The number of anilines is 1. The second kappa shape index (κ2) is 9.15. The van der Waals surface area contributed by atoms with Gasteiger partial charge in [-0.1, -0.05) is 45.0 Å². The molecule has 0 saturated heterocycles. The van der Waals surface area contributed by atoms with Gasteiger partial charge >= 0.3 is 0 Å². The Balaban J connectivity index is 1.55. The van der Waals surface area contributed by atoms with Crippen molar-refractivity contribution < 1.29 is 12.9 Å². The van der Waals surface area contributed by atoms with Crippen molar-refractivity contribution >= 4 is 15.8 Å². The smallest absolute Gasteiger partial charge is 0.263 e. The molecule has 1 aliphatic heterocycles. The molecule has 0 fully saturated rings. The molecule has 0 radical (unpaired) electrons. The van der Waals surface area contributed by atoms with Gasteiger partial charge in [0.25, 0.3) is 10.0 Å². The van der Waals surface area contributed by atoms with Crippen molar-refractivity contribution in [3.05, 3.63) is 70.2 Å². The molecule has 7 nitrogen and oxygen atoms in total. The highest BCUT2D eigenvalue weighted by molar-refractivity contribution is 7.92. The quantitative estimate of drug-likeness (QED) is 0.522. The van der Waals surface area contributed by atoms with Crippen molar-refractivity contribution in [1.82, 2.24) is 15.0 Å². The minimum absolute atomic E-state index is 0.193. The third-order valence-corrected chi connectivity index (χ3v) is 7.94. The molecule has 34 heavy (non-hydrogen) atoms. The Morgan fingerprint density at radius 3 is 2.56 bits per heavy atom. The van der Waals surface area contributed by atoms with E-state index in [-0.39, 0.29) is 22.2 Å². The van der Waals surface area contributed by atoms with Gasteiger partial charge < -0.3 is 4.52 Å². The van der Waals surface area contributed by atoms with Crippen molar-refractivity contribution in [2.24, 2.45) is 0 Å². The molecule has 1 aromatic carbocycles. The topological polar surface area (TPSA) is 88.3 Å². The number of fused-ring (bicyclic) bond motifs is 1. The second-order valence-corrected chi connectivity index (χ2v) is 11.8. The Kier molecular flexibility index (Phi) is 6.57. The Hall–Kier alpha value is -2.71. The van der Waals surface area contributed by atoms with Gasteiger partial charge in [-0.15, -0.1) is 0 Å². The van der Waals surface area contributed by atoms with Gasteiger partial charge in [0.2, 0.25) is 0 Å². The van der Waals surface area contributed by atoms with E-state index >= 15 is 0 Å². The molecule has 3 aromatic rings. The maximum absolute atomic E-state index is 13.2. The molecule has 3 heterocycles. The van der Waals surface area contributed by atoms with Crippen LogP contribution in [0.1, 0.15) is 74.4 Å². The monoisotopic (exact) mass is 482 g/mol. The van der Waals surface area contributed by atoms with Gasteiger partial charge in [0.1, 0.15) is 5.76 Å². The first-order chi connectivity index (χ1) is 16.0. The van der Waals surface area contributed by atoms with Crippen LogP contribution in [0.15, 0.2) is 45.9 Å². The molecule has 1 unspecified atom stereocenters. The number of aromatic nitrogens is 2. The van der Waals surface area contributed by atoms with Crippen LogP contribution in [0, 0.1) is 6.92 Å². The van der Waals surface area contributed by atoms with E-state index in [2.05, 4.69) is 45.7 Å². The SMILES string of the molecule is CCc1ccc(C(C)N2CCc3ccc(S(=O)(=O)Nc4noc(C(C)(C)C)c4C)cc3C2)cn1. The summed E-state index contributed by atoms with van der Waals surface area (Å²) >= 11 is 0. The van der Waals surface area contributed by atoms with Gasteiger partial charge in [0, 0.05) is 42.0 Å². The predicted octanol–water partition coefficient (Wildman–Crippen LogP) is 5.16. The molecule has 2 aromatic heterocycles. The van der Waals surface area contributed by atoms with Crippen molar-refractivity contribution in [2.45, 2.75) is 77.3 Å². The average Bonchev–Trinajstić information content (AvgIpc) is 3.17. The molecule has 1 atom stereocenters. The van der Waals surface area contributed by atoms with Crippen LogP contribution in [0.25, 0.3) is 0 Å². The fourth-order valence-corrected chi connectivity index (χ4v) is 5.58. The third-order valence-electron chi connectivity index (χ3n) is 6.61. The molecule has 1 aliphatic rings. The summed E-state index contributed by atoms with van der Waals surface area (Å²) in [7, 11) is -3.80. The van der Waals surface area contributed by atoms with E-state index in [9.17, 15) is 8.42 Å². The number of nitrogens with zero attached hydrogens (tertiary/aromatic N) is 3. The fraction of sp³-hybridized carbons (Fsp3) is 0.462. The minimum atomic E-state index is -3.80. The summed E-state index contributed by atoms with van der Waals surface area (Å²) in [5.41, 5.74) is 4.91. The largest absolute Gasteiger partial charge is 0.358 e. The zero-order chi connectivity index (χ0) is 24.7. The lowest BCUT2D eigenvalue weighted by atomic mass is 9.91. The second-order valence-electron chi connectivity index (χ2n) is 10.1. The molecule has 1 N–H and O–H groups in total. The van der Waals surface area contributed by atoms with Crippen molar-refractivity contribution in [3.8, 4) is 0 Å². The summed E-state index contributed by atoms with van der Waals surface area (Å²) in [6, 6.07) is 9.81. The number of hydrogen-bond acceptors (Lipinski definition) is 6. The molecule has 4 rings (SSSR count). The van der Waals surface area contributed by atoms with Crippen LogP contribution in [0.5, 0.6) is 0 Å². The number of hydrogen-bond donors (Lipinski definition) is 1. The molecule has 0 bridgehead atoms. The van der Waals surface area contributed by atoms with E-state index < -0.39 is 10.0 Å². The molecule has 0 saturated carbocycles. The summed E-state index contributed by atoms with van der Waals surface area (Å²) in [6.45, 7) is 13.7. The number of aryl methyl sites for hydroxylation is 1.